The largest absolute Gasteiger partial charge is 0.294 e. The van der Waals surface area contributed by atoms with Crippen LogP contribution in [-0.4, -0.2) is 5.78 Å². The Kier molecular flexibility index (Phi) is 2.67. The van der Waals surface area contributed by atoms with Gasteiger partial charge in [-0.15, -0.1) is 0 Å². The topological polar surface area (TPSA) is 17.1 Å². The number of fused-ring (bicyclic) bond motifs is 1. The molecule has 1 atom stereocenters. The van der Waals surface area contributed by atoms with Gasteiger partial charge in [0.2, 0.25) is 0 Å². The van der Waals surface area contributed by atoms with Crippen molar-refractivity contribution in [2.75, 3.05) is 0 Å². The number of carbonyl (C=O) groups excluding carboxylic acids is 1. The summed E-state index contributed by atoms with van der Waals surface area (Å²) in [4.78, 5) is 11.9. The smallest absolute Gasteiger partial charge is 0.164 e. The van der Waals surface area contributed by atoms with Gasteiger partial charge in [-0.2, -0.15) is 0 Å². The van der Waals surface area contributed by atoms with Crippen molar-refractivity contribution in [2.24, 2.45) is 0 Å². The van der Waals surface area contributed by atoms with Crippen molar-refractivity contribution in [3.63, 3.8) is 0 Å². The summed E-state index contributed by atoms with van der Waals surface area (Å²) in [6.45, 7) is 0. The Morgan fingerprint density at radius 2 is 2.00 bits per heavy atom. The van der Waals surface area contributed by atoms with Crippen LogP contribution in [0.15, 0.2) is 42.5 Å². The van der Waals surface area contributed by atoms with E-state index in [0.717, 1.165) is 11.1 Å². The first-order valence-corrected chi connectivity index (χ1v) is 6.11. The Bertz CT molecular complexity index is 636. The first kappa shape index (κ1) is 11.4. The van der Waals surface area contributed by atoms with E-state index in [9.17, 15) is 9.18 Å². The van der Waals surface area contributed by atoms with Crippen LogP contribution in [0.2, 0.25) is 5.02 Å². The lowest BCUT2D eigenvalue weighted by Crippen LogP contribution is -1.97. The molecular formula is C15H10ClFO. The third-order valence-electron chi connectivity index (χ3n) is 3.33. The van der Waals surface area contributed by atoms with Crippen LogP contribution >= 0.6 is 11.6 Å². The van der Waals surface area contributed by atoms with E-state index in [1.54, 1.807) is 18.2 Å². The van der Waals surface area contributed by atoms with Crippen molar-refractivity contribution in [2.45, 2.75) is 12.3 Å². The van der Waals surface area contributed by atoms with Crippen LogP contribution in [0.1, 0.15) is 33.8 Å². The zero-order valence-electron chi connectivity index (χ0n) is 9.49. The van der Waals surface area contributed by atoms with Crippen molar-refractivity contribution >= 4 is 17.4 Å². The van der Waals surface area contributed by atoms with Gasteiger partial charge in [-0.25, -0.2) is 4.39 Å². The second-order valence-electron chi connectivity index (χ2n) is 4.47. The van der Waals surface area contributed by atoms with Crippen LogP contribution in [0, 0.1) is 5.82 Å². The van der Waals surface area contributed by atoms with Crippen LogP contribution < -0.4 is 0 Å². The van der Waals surface area contributed by atoms with Gasteiger partial charge in [-0.1, -0.05) is 29.8 Å². The van der Waals surface area contributed by atoms with E-state index < -0.39 is 0 Å². The van der Waals surface area contributed by atoms with Crippen molar-refractivity contribution in [1.29, 1.82) is 0 Å². The van der Waals surface area contributed by atoms with Gasteiger partial charge in [0.15, 0.2) is 5.78 Å². The second kappa shape index (κ2) is 4.21. The molecule has 0 saturated heterocycles. The summed E-state index contributed by atoms with van der Waals surface area (Å²) in [5, 5.41) is 0.557. The molecule has 0 amide bonds. The van der Waals surface area contributed by atoms with E-state index in [-0.39, 0.29) is 17.5 Å². The highest BCUT2D eigenvalue weighted by atomic mass is 35.5. The molecule has 90 valence electrons. The predicted molar refractivity (Wildman–Crippen MR) is 68.6 cm³/mol. The molecule has 2 aromatic rings. The molecule has 3 heteroatoms. The minimum absolute atomic E-state index is 0.0551. The van der Waals surface area contributed by atoms with E-state index in [1.807, 2.05) is 12.1 Å². The van der Waals surface area contributed by atoms with Gasteiger partial charge in [-0.05, 0) is 35.4 Å². The molecule has 0 radical (unpaired) electrons. The van der Waals surface area contributed by atoms with Gasteiger partial charge in [-0.3, -0.25) is 4.79 Å². The SMILES string of the molecule is O=C1C[C@@H](c2cccc(F)c2)c2ccc(Cl)cc21. The fourth-order valence-electron chi connectivity index (χ4n) is 2.50. The Labute approximate surface area is 109 Å². The highest BCUT2D eigenvalue weighted by Crippen LogP contribution is 2.39. The average Bonchev–Trinajstić information content (AvgIpc) is 2.67. The number of rotatable bonds is 1. The van der Waals surface area contributed by atoms with E-state index in [4.69, 9.17) is 11.6 Å². The summed E-state index contributed by atoms with van der Waals surface area (Å²) in [7, 11) is 0. The molecule has 0 saturated carbocycles. The Hall–Kier alpha value is -1.67. The third kappa shape index (κ3) is 1.83. The van der Waals surface area contributed by atoms with E-state index >= 15 is 0 Å². The van der Waals surface area contributed by atoms with E-state index in [1.165, 1.54) is 12.1 Å². The molecule has 1 aliphatic carbocycles. The number of benzene rings is 2. The maximum atomic E-state index is 13.3. The van der Waals surface area contributed by atoms with Crippen LogP contribution in [0.3, 0.4) is 0 Å². The number of ketones is 1. The number of hydrogen-bond acceptors (Lipinski definition) is 1. The zero-order chi connectivity index (χ0) is 12.7. The summed E-state index contributed by atoms with van der Waals surface area (Å²) in [5.74, 6) is -0.260. The molecule has 2 aromatic carbocycles. The third-order valence-corrected chi connectivity index (χ3v) is 3.57. The lowest BCUT2D eigenvalue weighted by atomic mass is 9.93. The average molecular weight is 261 g/mol. The molecule has 0 aliphatic heterocycles. The number of Topliss-reactive ketones (excluding diaryl/α,β-unsaturated/α-hetero) is 1. The molecule has 0 unspecified atom stereocenters. The quantitative estimate of drug-likeness (QED) is 0.751. The fraction of sp³-hybridized carbons (Fsp3) is 0.133. The van der Waals surface area contributed by atoms with Crippen LogP contribution in [0.25, 0.3) is 0 Å². The monoisotopic (exact) mass is 260 g/mol. The molecule has 1 aliphatic rings. The zero-order valence-corrected chi connectivity index (χ0v) is 10.2. The molecule has 0 N–H and O–H groups in total. The summed E-state index contributed by atoms with van der Waals surface area (Å²) in [5.41, 5.74) is 2.44. The minimum atomic E-state index is -0.276. The van der Waals surface area contributed by atoms with Gasteiger partial charge in [0.05, 0.1) is 0 Å². The molecule has 3 rings (SSSR count). The van der Waals surface area contributed by atoms with Gasteiger partial charge >= 0.3 is 0 Å². The molecule has 18 heavy (non-hydrogen) atoms. The summed E-state index contributed by atoms with van der Waals surface area (Å²) >= 11 is 5.90. The van der Waals surface area contributed by atoms with Crippen LogP contribution in [-0.2, 0) is 0 Å². The number of halogens is 2. The molecule has 0 aromatic heterocycles. The molecule has 0 heterocycles. The highest BCUT2D eigenvalue weighted by molar-refractivity contribution is 6.31. The van der Waals surface area contributed by atoms with Crippen molar-refractivity contribution in [3.8, 4) is 0 Å². The predicted octanol–water partition coefficient (Wildman–Crippen LogP) is 4.20. The van der Waals surface area contributed by atoms with Gasteiger partial charge in [0, 0.05) is 22.9 Å². The summed E-state index contributed by atoms with van der Waals surface area (Å²) in [6, 6.07) is 11.7. The van der Waals surface area contributed by atoms with Crippen molar-refractivity contribution < 1.29 is 9.18 Å². The lowest BCUT2D eigenvalue weighted by Gasteiger charge is -2.11. The normalized spacial score (nSPS) is 17.9. The lowest BCUT2D eigenvalue weighted by molar-refractivity contribution is 0.0991. The molecule has 1 nitrogen and oxygen atoms in total. The molecule has 0 spiro atoms. The minimum Gasteiger partial charge on any atom is -0.294 e. The Morgan fingerprint density at radius 1 is 1.17 bits per heavy atom. The van der Waals surface area contributed by atoms with E-state index in [0.29, 0.717) is 17.0 Å². The van der Waals surface area contributed by atoms with Gasteiger partial charge in [0.25, 0.3) is 0 Å². The molecule has 0 bridgehead atoms. The summed E-state index contributed by atoms with van der Waals surface area (Å²) in [6.07, 6.45) is 0.388. The standard InChI is InChI=1S/C15H10ClFO/c16-10-4-5-12-13(8-15(18)14(12)7-10)9-2-1-3-11(17)6-9/h1-7,13H,8H2/t13-/m0/s1. The maximum absolute atomic E-state index is 13.3. The number of carbonyl (C=O) groups is 1. The second-order valence-corrected chi connectivity index (χ2v) is 4.90. The number of hydrogen-bond donors (Lipinski definition) is 0. The van der Waals surface area contributed by atoms with Crippen molar-refractivity contribution in [3.05, 3.63) is 70.0 Å². The molecular weight excluding hydrogens is 251 g/mol. The highest BCUT2D eigenvalue weighted by Gasteiger charge is 2.30. The first-order chi connectivity index (χ1) is 8.65. The summed E-state index contributed by atoms with van der Waals surface area (Å²) < 4.78 is 13.3. The maximum Gasteiger partial charge on any atom is 0.164 e. The van der Waals surface area contributed by atoms with Crippen molar-refractivity contribution in [1.82, 2.24) is 0 Å². The Morgan fingerprint density at radius 3 is 2.78 bits per heavy atom. The van der Waals surface area contributed by atoms with Gasteiger partial charge < -0.3 is 0 Å². The van der Waals surface area contributed by atoms with E-state index in [2.05, 4.69) is 0 Å². The van der Waals surface area contributed by atoms with Crippen LogP contribution in [0.5, 0.6) is 0 Å². The van der Waals surface area contributed by atoms with Crippen LogP contribution in [0.4, 0.5) is 4.39 Å². The molecule has 0 fully saturated rings. The van der Waals surface area contributed by atoms with Gasteiger partial charge in [0.1, 0.15) is 5.82 Å². The fourth-order valence-corrected chi connectivity index (χ4v) is 2.67. The Balaban J connectivity index is 2.10. The first-order valence-electron chi connectivity index (χ1n) is 5.73.